The molecule has 0 spiro atoms. The number of benzene rings is 1. The highest BCUT2D eigenvalue weighted by Crippen LogP contribution is 2.36. The van der Waals surface area contributed by atoms with Crippen molar-refractivity contribution in [1.29, 1.82) is 0 Å². The molecule has 3 aromatic rings. The maximum atomic E-state index is 12.7. The van der Waals surface area contributed by atoms with Gasteiger partial charge in [-0.25, -0.2) is 0 Å². The van der Waals surface area contributed by atoms with Gasteiger partial charge in [0.05, 0.1) is 12.7 Å². The van der Waals surface area contributed by atoms with Gasteiger partial charge in [0.1, 0.15) is 11.5 Å². The number of aromatic hydroxyl groups is 1. The van der Waals surface area contributed by atoms with Gasteiger partial charge >= 0.3 is 6.18 Å². The number of hydrogen-bond acceptors (Lipinski definition) is 6. The summed E-state index contributed by atoms with van der Waals surface area (Å²) in [5.74, 6) is -0.920. The molecule has 0 atom stereocenters. The Bertz CT molecular complexity index is 812. The SMILES string of the molecule is COc1ccc(-c2nn3c(C(F)(F)F)nnc3s2)c(O)c1. The van der Waals surface area contributed by atoms with E-state index in [0.717, 1.165) is 11.3 Å². The number of hydrogen-bond donors (Lipinski definition) is 1. The van der Waals surface area contributed by atoms with Gasteiger partial charge in [0.15, 0.2) is 5.01 Å². The number of nitrogens with zero attached hydrogens (tertiary/aromatic N) is 4. The number of fused-ring (bicyclic) bond motifs is 1. The summed E-state index contributed by atoms with van der Waals surface area (Å²) >= 11 is 0.892. The van der Waals surface area contributed by atoms with Crippen molar-refractivity contribution in [3.05, 3.63) is 24.0 Å². The first kappa shape index (κ1) is 13.6. The van der Waals surface area contributed by atoms with Gasteiger partial charge in [-0.2, -0.15) is 22.8 Å². The molecule has 0 aliphatic heterocycles. The Morgan fingerprint density at radius 1 is 1.29 bits per heavy atom. The van der Waals surface area contributed by atoms with E-state index in [1.165, 1.54) is 19.2 Å². The van der Waals surface area contributed by atoms with E-state index >= 15 is 0 Å². The Labute approximate surface area is 119 Å². The molecule has 0 bridgehead atoms. The second-order valence-corrected chi connectivity index (χ2v) is 4.96. The average molecular weight is 316 g/mol. The van der Waals surface area contributed by atoms with Crippen molar-refractivity contribution < 1.29 is 23.0 Å². The Hall–Kier alpha value is -2.36. The van der Waals surface area contributed by atoms with Gasteiger partial charge in [-0.1, -0.05) is 11.3 Å². The van der Waals surface area contributed by atoms with Crippen LogP contribution in [0.4, 0.5) is 13.2 Å². The maximum absolute atomic E-state index is 12.7. The molecule has 0 fully saturated rings. The van der Waals surface area contributed by atoms with E-state index in [1.807, 2.05) is 0 Å². The monoisotopic (exact) mass is 316 g/mol. The molecule has 0 saturated heterocycles. The van der Waals surface area contributed by atoms with Crippen LogP contribution in [0, 0.1) is 0 Å². The topological polar surface area (TPSA) is 72.5 Å². The first-order chi connectivity index (χ1) is 9.90. The predicted octanol–water partition coefficient (Wildman–Crippen LogP) is 2.59. The first-order valence-corrected chi connectivity index (χ1v) is 6.38. The summed E-state index contributed by atoms with van der Waals surface area (Å²) in [4.78, 5) is -0.00690. The molecule has 0 amide bonds. The molecule has 2 heterocycles. The molecule has 0 aliphatic rings. The van der Waals surface area contributed by atoms with Crippen molar-refractivity contribution in [2.45, 2.75) is 6.18 Å². The largest absolute Gasteiger partial charge is 0.507 e. The molecule has 2 aromatic heterocycles. The lowest BCUT2D eigenvalue weighted by atomic mass is 10.2. The Morgan fingerprint density at radius 2 is 2.05 bits per heavy atom. The van der Waals surface area contributed by atoms with Crippen LogP contribution in [0.3, 0.4) is 0 Å². The number of aromatic nitrogens is 4. The molecule has 6 nitrogen and oxygen atoms in total. The first-order valence-electron chi connectivity index (χ1n) is 5.57. The number of methoxy groups -OCH3 is 1. The molecule has 1 aromatic carbocycles. The summed E-state index contributed by atoms with van der Waals surface area (Å²) < 4.78 is 43.7. The quantitative estimate of drug-likeness (QED) is 0.787. The van der Waals surface area contributed by atoms with E-state index in [0.29, 0.717) is 15.8 Å². The highest BCUT2D eigenvalue weighted by atomic mass is 32.1. The average Bonchev–Trinajstić information content (AvgIpc) is 2.96. The van der Waals surface area contributed by atoms with Crippen LogP contribution in [0.2, 0.25) is 0 Å². The molecule has 0 saturated carbocycles. The van der Waals surface area contributed by atoms with Crippen molar-refractivity contribution in [3.8, 4) is 22.1 Å². The number of alkyl halides is 3. The van der Waals surface area contributed by atoms with Crippen LogP contribution in [0.5, 0.6) is 11.5 Å². The molecule has 3 rings (SSSR count). The van der Waals surface area contributed by atoms with Gasteiger partial charge in [0, 0.05) is 6.07 Å². The van der Waals surface area contributed by atoms with Crippen LogP contribution >= 0.6 is 11.3 Å². The van der Waals surface area contributed by atoms with Crippen LogP contribution in [0.1, 0.15) is 5.82 Å². The lowest BCUT2D eigenvalue weighted by molar-refractivity contribution is -0.146. The van der Waals surface area contributed by atoms with Gasteiger partial charge in [-0.3, -0.25) is 0 Å². The summed E-state index contributed by atoms with van der Waals surface area (Å²) in [6.07, 6.45) is -4.65. The Kier molecular flexibility index (Phi) is 2.97. The summed E-state index contributed by atoms with van der Waals surface area (Å²) in [6.45, 7) is 0. The normalized spacial score (nSPS) is 12.0. The second-order valence-electron chi connectivity index (χ2n) is 4.01. The molecule has 0 aliphatic carbocycles. The molecule has 21 heavy (non-hydrogen) atoms. The van der Waals surface area contributed by atoms with E-state index in [-0.39, 0.29) is 15.7 Å². The standard InChI is InChI=1S/C11H7F3N4O2S/c1-20-5-2-3-6(7(19)4-5)8-17-18-9(11(12,13)14)15-16-10(18)21-8/h2-4,19H,1H3. The third-order valence-electron chi connectivity index (χ3n) is 2.68. The fourth-order valence-electron chi connectivity index (χ4n) is 1.72. The molecule has 0 radical (unpaired) electrons. The summed E-state index contributed by atoms with van der Waals surface area (Å²) in [5, 5.41) is 20.4. The van der Waals surface area contributed by atoms with E-state index in [2.05, 4.69) is 15.3 Å². The lowest BCUT2D eigenvalue weighted by Gasteiger charge is -2.04. The van der Waals surface area contributed by atoms with Gasteiger partial charge in [0.25, 0.3) is 5.82 Å². The maximum Gasteiger partial charge on any atom is 0.453 e. The predicted molar refractivity (Wildman–Crippen MR) is 67.3 cm³/mol. The van der Waals surface area contributed by atoms with E-state index < -0.39 is 12.0 Å². The molecule has 10 heteroatoms. The smallest absolute Gasteiger partial charge is 0.453 e. The minimum atomic E-state index is -4.65. The van der Waals surface area contributed by atoms with Crippen LogP contribution in [0.15, 0.2) is 18.2 Å². The van der Waals surface area contributed by atoms with Gasteiger partial charge in [-0.05, 0) is 12.1 Å². The molecule has 0 unspecified atom stereocenters. The minimum Gasteiger partial charge on any atom is -0.507 e. The highest BCUT2D eigenvalue weighted by molar-refractivity contribution is 7.19. The van der Waals surface area contributed by atoms with E-state index in [9.17, 15) is 18.3 Å². The van der Waals surface area contributed by atoms with Gasteiger partial charge in [-0.15, -0.1) is 10.2 Å². The Morgan fingerprint density at radius 3 is 2.67 bits per heavy atom. The fraction of sp³-hybridized carbons (Fsp3) is 0.182. The molecular formula is C11H7F3N4O2S. The number of phenolic OH excluding ortho intramolecular Hbond substituents is 1. The highest BCUT2D eigenvalue weighted by Gasteiger charge is 2.38. The fourth-order valence-corrected chi connectivity index (χ4v) is 2.60. The second kappa shape index (κ2) is 4.58. The van der Waals surface area contributed by atoms with Crippen molar-refractivity contribution in [3.63, 3.8) is 0 Å². The molecule has 110 valence electrons. The van der Waals surface area contributed by atoms with E-state index in [4.69, 9.17) is 4.74 Å². The van der Waals surface area contributed by atoms with Crippen LogP contribution in [0.25, 0.3) is 15.5 Å². The number of halogens is 3. The number of rotatable bonds is 2. The Balaban J connectivity index is 2.12. The van der Waals surface area contributed by atoms with Crippen LogP contribution in [-0.2, 0) is 6.18 Å². The van der Waals surface area contributed by atoms with Crippen molar-refractivity contribution >= 4 is 16.3 Å². The van der Waals surface area contributed by atoms with Crippen molar-refractivity contribution in [1.82, 2.24) is 19.8 Å². The van der Waals surface area contributed by atoms with Gasteiger partial charge in [0.2, 0.25) is 4.96 Å². The van der Waals surface area contributed by atoms with Crippen molar-refractivity contribution in [2.75, 3.05) is 7.11 Å². The zero-order valence-corrected chi connectivity index (χ0v) is 11.2. The van der Waals surface area contributed by atoms with E-state index in [1.54, 1.807) is 6.07 Å². The lowest BCUT2D eigenvalue weighted by Crippen LogP contribution is -2.11. The summed E-state index contributed by atoms with van der Waals surface area (Å²) in [5.41, 5.74) is 0.291. The zero-order chi connectivity index (χ0) is 15.2. The van der Waals surface area contributed by atoms with Crippen LogP contribution in [-0.4, -0.2) is 32.0 Å². The third kappa shape index (κ3) is 2.27. The summed E-state index contributed by atoms with van der Waals surface area (Å²) in [6, 6.07) is 4.43. The number of ether oxygens (including phenoxy) is 1. The van der Waals surface area contributed by atoms with Crippen LogP contribution < -0.4 is 4.74 Å². The molecule has 1 N–H and O–H groups in total. The molecular weight excluding hydrogens is 309 g/mol. The van der Waals surface area contributed by atoms with Crippen molar-refractivity contribution in [2.24, 2.45) is 0 Å². The number of phenols is 1. The third-order valence-corrected chi connectivity index (χ3v) is 3.61. The van der Waals surface area contributed by atoms with Gasteiger partial charge < -0.3 is 9.84 Å². The zero-order valence-electron chi connectivity index (χ0n) is 10.4. The summed E-state index contributed by atoms with van der Waals surface area (Å²) in [7, 11) is 1.44. The minimum absolute atomic E-state index is 0.00690.